The number of rotatable bonds is 3. The molecule has 4 rings (SSSR count). The highest BCUT2D eigenvalue weighted by atomic mass is 32.2. The predicted molar refractivity (Wildman–Crippen MR) is 75.8 cm³/mol. The molecule has 0 saturated carbocycles. The molecule has 8 nitrogen and oxygen atoms in total. The van der Waals surface area contributed by atoms with Crippen molar-refractivity contribution in [3.05, 3.63) is 24.2 Å². The van der Waals surface area contributed by atoms with E-state index in [4.69, 9.17) is 8.94 Å². The highest BCUT2D eigenvalue weighted by Gasteiger charge is 2.53. The molecule has 2 saturated heterocycles. The summed E-state index contributed by atoms with van der Waals surface area (Å²) in [6, 6.07) is 2.99. The minimum absolute atomic E-state index is 0.0126. The van der Waals surface area contributed by atoms with Crippen molar-refractivity contribution in [3.8, 4) is 11.7 Å². The molecule has 0 bridgehead atoms. The average molecular weight is 320 g/mol. The topological polar surface area (TPSA) is 101 Å². The van der Waals surface area contributed by atoms with Crippen LogP contribution in [0.25, 0.3) is 11.7 Å². The molecule has 4 heterocycles. The third-order valence-corrected chi connectivity index (χ3v) is 4.96. The van der Waals surface area contributed by atoms with E-state index in [1.807, 2.05) is 0 Å². The first-order valence-corrected chi connectivity index (χ1v) is 7.92. The maximum absolute atomic E-state index is 12.5. The number of thioether (sulfide) groups is 1. The molecule has 3 amide bonds. The molecule has 2 aromatic heterocycles. The minimum atomic E-state index is -0.755. The Kier molecular flexibility index (Phi) is 2.96. The van der Waals surface area contributed by atoms with Gasteiger partial charge in [0.2, 0.25) is 0 Å². The second kappa shape index (κ2) is 4.87. The van der Waals surface area contributed by atoms with Gasteiger partial charge in [0.25, 0.3) is 11.8 Å². The Balaban J connectivity index is 1.54. The van der Waals surface area contributed by atoms with Gasteiger partial charge >= 0.3 is 6.03 Å². The summed E-state index contributed by atoms with van der Waals surface area (Å²) in [5, 5.41) is 6.59. The Morgan fingerprint density at radius 2 is 2.36 bits per heavy atom. The molecule has 1 spiro atoms. The summed E-state index contributed by atoms with van der Waals surface area (Å²) in [6.45, 7) is -0.0126. The second-order valence-corrected chi connectivity index (χ2v) is 6.30. The van der Waals surface area contributed by atoms with Crippen LogP contribution in [0.4, 0.5) is 4.79 Å². The zero-order chi connectivity index (χ0) is 15.2. The summed E-state index contributed by atoms with van der Waals surface area (Å²) in [7, 11) is 0. The molecule has 1 atom stereocenters. The lowest BCUT2D eigenvalue weighted by atomic mass is 9.99. The van der Waals surface area contributed by atoms with Gasteiger partial charge in [-0.2, -0.15) is 16.7 Å². The summed E-state index contributed by atoms with van der Waals surface area (Å²) < 4.78 is 10.2. The molecule has 22 heavy (non-hydrogen) atoms. The van der Waals surface area contributed by atoms with Crippen molar-refractivity contribution in [1.29, 1.82) is 0 Å². The molecule has 1 N–H and O–H groups in total. The molecule has 0 radical (unpaired) electrons. The number of nitrogens with one attached hydrogen (secondary N) is 1. The number of hydrogen-bond acceptors (Lipinski definition) is 7. The SMILES string of the molecule is O=C1NC2(CCSC2)C(=O)N1Cc1noc(-c2ccco2)n1. The van der Waals surface area contributed by atoms with Crippen molar-refractivity contribution in [2.45, 2.75) is 18.5 Å². The first kappa shape index (κ1) is 13.4. The average Bonchev–Trinajstić information content (AvgIpc) is 3.25. The molecule has 1 unspecified atom stereocenters. The number of nitrogens with zero attached hydrogens (tertiary/aromatic N) is 3. The molecule has 9 heteroatoms. The number of carbonyl (C=O) groups is 2. The number of amides is 3. The maximum Gasteiger partial charge on any atom is 0.325 e. The van der Waals surface area contributed by atoms with Gasteiger partial charge in [0.1, 0.15) is 5.54 Å². The number of imide groups is 1. The molecular weight excluding hydrogens is 308 g/mol. The van der Waals surface area contributed by atoms with Crippen LogP contribution in [-0.2, 0) is 11.3 Å². The normalized spacial score (nSPS) is 24.5. The number of hydrogen-bond donors (Lipinski definition) is 1. The van der Waals surface area contributed by atoms with Gasteiger partial charge in [0, 0.05) is 5.75 Å². The van der Waals surface area contributed by atoms with Crippen LogP contribution in [0.3, 0.4) is 0 Å². The molecular formula is C13H12N4O4S. The van der Waals surface area contributed by atoms with Crippen molar-refractivity contribution in [1.82, 2.24) is 20.4 Å². The predicted octanol–water partition coefficient (Wildman–Crippen LogP) is 1.26. The molecule has 2 aromatic rings. The summed E-state index contributed by atoms with van der Waals surface area (Å²) in [5.41, 5.74) is -0.755. The number of aromatic nitrogens is 2. The van der Waals surface area contributed by atoms with Crippen LogP contribution in [-0.4, -0.2) is 44.0 Å². The van der Waals surface area contributed by atoms with Crippen LogP contribution in [0, 0.1) is 0 Å². The summed E-state index contributed by atoms with van der Waals surface area (Å²) in [6.07, 6.45) is 2.15. The Morgan fingerprint density at radius 1 is 1.45 bits per heavy atom. The molecule has 2 fully saturated rings. The number of carbonyl (C=O) groups excluding carboxylic acids is 2. The fraction of sp³-hybridized carbons (Fsp3) is 0.385. The number of furan rings is 1. The van der Waals surface area contributed by atoms with Crippen molar-refractivity contribution < 1.29 is 18.5 Å². The Labute approximate surface area is 129 Å². The lowest BCUT2D eigenvalue weighted by molar-refractivity contribution is -0.131. The van der Waals surface area contributed by atoms with E-state index in [1.54, 1.807) is 23.9 Å². The number of urea groups is 1. The second-order valence-electron chi connectivity index (χ2n) is 5.20. The summed E-state index contributed by atoms with van der Waals surface area (Å²) in [5.74, 6) is 2.19. The van der Waals surface area contributed by atoms with E-state index in [0.29, 0.717) is 17.9 Å². The van der Waals surface area contributed by atoms with Crippen LogP contribution in [0.5, 0.6) is 0 Å². The smallest absolute Gasteiger partial charge is 0.325 e. The maximum atomic E-state index is 12.5. The van der Waals surface area contributed by atoms with Gasteiger partial charge in [-0.1, -0.05) is 5.16 Å². The molecule has 0 aromatic carbocycles. The lowest BCUT2D eigenvalue weighted by Crippen LogP contribution is -2.46. The van der Waals surface area contributed by atoms with E-state index in [0.717, 1.165) is 10.7 Å². The fourth-order valence-corrected chi connectivity index (χ4v) is 3.94. The quantitative estimate of drug-likeness (QED) is 0.849. The van der Waals surface area contributed by atoms with Crippen molar-refractivity contribution in [3.63, 3.8) is 0 Å². The summed E-state index contributed by atoms with van der Waals surface area (Å²) >= 11 is 1.66. The third-order valence-electron chi connectivity index (χ3n) is 3.77. The van der Waals surface area contributed by atoms with Crippen LogP contribution >= 0.6 is 11.8 Å². The Bertz CT molecular complexity index is 720. The van der Waals surface area contributed by atoms with E-state index in [-0.39, 0.29) is 24.2 Å². The first-order valence-electron chi connectivity index (χ1n) is 6.76. The van der Waals surface area contributed by atoms with Gasteiger partial charge in [-0.15, -0.1) is 0 Å². The minimum Gasteiger partial charge on any atom is -0.459 e. The van der Waals surface area contributed by atoms with E-state index in [9.17, 15) is 9.59 Å². The van der Waals surface area contributed by atoms with Gasteiger partial charge in [-0.3, -0.25) is 9.69 Å². The molecule has 2 aliphatic rings. The van der Waals surface area contributed by atoms with Gasteiger partial charge in [-0.25, -0.2) is 4.79 Å². The van der Waals surface area contributed by atoms with Crippen LogP contribution in [0.1, 0.15) is 12.2 Å². The standard InChI is InChI=1S/C13H12N4O4S/c18-11-13(3-5-22-7-13)15-12(19)17(11)6-9-14-10(21-16-9)8-2-1-4-20-8/h1-2,4H,3,5-7H2,(H,15,19). The van der Waals surface area contributed by atoms with Crippen LogP contribution < -0.4 is 5.32 Å². The van der Waals surface area contributed by atoms with E-state index >= 15 is 0 Å². The zero-order valence-electron chi connectivity index (χ0n) is 11.4. The fourth-order valence-electron chi connectivity index (χ4n) is 2.61. The van der Waals surface area contributed by atoms with Crippen molar-refractivity contribution in [2.24, 2.45) is 0 Å². The first-order chi connectivity index (χ1) is 10.7. The van der Waals surface area contributed by atoms with Gasteiger partial charge in [0.15, 0.2) is 11.6 Å². The van der Waals surface area contributed by atoms with Gasteiger partial charge in [0.05, 0.1) is 12.8 Å². The van der Waals surface area contributed by atoms with E-state index < -0.39 is 11.6 Å². The van der Waals surface area contributed by atoms with Gasteiger partial charge in [-0.05, 0) is 24.3 Å². The van der Waals surface area contributed by atoms with E-state index in [2.05, 4.69) is 15.5 Å². The van der Waals surface area contributed by atoms with Crippen molar-refractivity contribution in [2.75, 3.05) is 11.5 Å². The lowest BCUT2D eigenvalue weighted by Gasteiger charge is -2.18. The van der Waals surface area contributed by atoms with Crippen LogP contribution in [0.15, 0.2) is 27.3 Å². The third kappa shape index (κ3) is 2.00. The molecule has 0 aliphatic carbocycles. The zero-order valence-corrected chi connectivity index (χ0v) is 12.3. The summed E-state index contributed by atoms with van der Waals surface area (Å²) in [4.78, 5) is 29.9. The highest BCUT2D eigenvalue weighted by molar-refractivity contribution is 7.99. The van der Waals surface area contributed by atoms with E-state index in [1.165, 1.54) is 6.26 Å². The molecule has 114 valence electrons. The Hall–Kier alpha value is -2.29. The van der Waals surface area contributed by atoms with Crippen molar-refractivity contribution >= 4 is 23.7 Å². The molecule has 2 aliphatic heterocycles. The monoisotopic (exact) mass is 320 g/mol. The highest BCUT2D eigenvalue weighted by Crippen LogP contribution is 2.33. The Morgan fingerprint density at radius 3 is 3.09 bits per heavy atom. The van der Waals surface area contributed by atoms with Gasteiger partial charge < -0.3 is 14.3 Å². The largest absolute Gasteiger partial charge is 0.459 e. The van der Waals surface area contributed by atoms with Crippen LogP contribution in [0.2, 0.25) is 0 Å².